The van der Waals surface area contributed by atoms with E-state index in [0.29, 0.717) is 5.69 Å². The molecule has 3 rings (SSSR count). The molecule has 3 aromatic rings. The van der Waals surface area contributed by atoms with Crippen LogP contribution in [0.2, 0.25) is 0 Å². The maximum absolute atomic E-state index is 13.4. The molecule has 6 heteroatoms. The van der Waals surface area contributed by atoms with Crippen molar-refractivity contribution >= 4 is 5.96 Å². The molecule has 0 amide bonds. The molecule has 0 aliphatic rings. The highest BCUT2D eigenvalue weighted by Gasteiger charge is 2.25. The van der Waals surface area contributed by atoms with Gasteiger partial charge in [-0.15, -0.1) is 0 Å². The molecule has 1 aromatic heterocycles. The molecule has 128 valence electrons. The van der Waals surface area contributed by atoms with Gasteiger partial charge in [0, 0.05) is 17.2 Å². The van der Waals surface area contributed by atoms with Crippen LogP contribution in [0.3, 0.4) is 0 Å². The molecule has 0 aliphatic carbocycles. The van der Waals surface area contributed by atoms with Crippen LogP contribution in [0, 0.1) is 30.9 Å². The Morgan fingerprint density at radius 2 is 1.40 bits per heavy atom. The summed E-state index contributed by atoms with van der Waals surface area (Å²) in [4.78, 5) is 0. The first-order chi connectivity index (χ1) is 11.9. The minimum atomic E-state index is -0.325. The van der Waals surface area contributed by atoms with Crippen molar-refractivity contribution in [3.63, 3.8) is 0 Å². The Labute approximate surface area is 144 Å². The topological polar surface area (TPSA) is 67.7 Å². The number of rotatable bonds is 3. The lowest BCUT2D eigenvalue weighted by Crippen LogP contribution is -2.23. The molecule has 1 heterocycles. The second kappa shape index (κ2) is 6.47. The first-order valence-electron chi connectivity index (χ1n) is 7.80. The molecule has 0 saturated carbocycles. The summed E-state index contributed by atoms with van der Waals surface area (Å²) in [5.74, 6) is -1.10. The zero-order chi connectivity index (χ0) is 18.1. The summed E-state index contributed by atoms with van der Waals surface area (Å²) in [6.07, 6.45) is 0. The van der Waals surface area contributed by atoms with Crippen molar-refractivity contribution in [1.82, 2.24) is 9.78 Å². The number of hydrogen-bond donors (Lipinski definition) is 2. The Bertz CT molecular complexity index is 866. The molecular weight excluding hydrogens is 322 g/mol. The number of nitrogen functional groups attached to an aromatic ring is 1. The normalized spacial score (nSPS) is 11.1. The number of nitrogens with zero attached hydrogens (tertiary/aromatic N) is 2. The van der Waals surface area contributed by atoms with E-state index < -0.39 is 0 Å². The minimum Gasteiger partial charge on any atom is -0.368 e. The predicted molar refractivity (Wildman–Crippen MR) is 92.8 cm³/mol. The van der Waals surface area contributed by atoms with Gasteiger partial charge in [-0.2, -0.15) is 5.10 Å². The van der Waals surface area contributed by atoms with Gasteiger partial charge in [0.1, 0.15) is 11.6 Å². The van der Waals surface area contributed by atoms with E-state index >= 15 is 0 Å². The van der Waals surface area contributed by atoms with Crippen LogP contribution in [0.1, 0.15) is 34.0 Å². The summed E-state index contributed by atoms with van der Waals surface area (Å²) in [6.45, 7) is 3.67. The summed E-state index contributed by atoms with van der Waals surface area (Å²) >= 11 is 0. The highest BCUT2D eigenvalue weighted by molar-refractivity contribution is 5.77. The lowest BCUT2D eigenvalue weighted by molar-refractivity contribution is 0.626. The summed E-state index contributed by atoms with van der Waals surface area (Å²) < 4.78 is 28.1. The molecule has 0 saturated heterocycles. The summed E-state index contributed by atoms with van der Waals surface area (Å²) in [5.41, 5.74) is 9.61. The molecule has 0 radical (unpaired) electrons. The molecule has 0 aliphatic heterocycles. The van der Waals surface area contributed by atoms with Crippen LogP contribution < -0.4 is 5.73 Å². The van der Waals surface area contributed by atoms with Gasteiger partial charge in [-0.05, 0) is 49.2 Å². The van der Waals surface area contributed by atoms with E-state index in [9.17, 15) is 8.78 Å². The maximum atomic E-state index is 13.4. The highest BCUT2D eigenvalue weighted by Crippen LogP contribution is 2.35. The predicted octanol–water partition coefficient (Wildman–Crippen LogP) is 3.70. The lowest BCUT2D eigenvalue weighted by Gasteiger charge is -2.19. The Hall–Kier alpha value is -3.02. The van der Waals surface area contributed by atoms with Crippen molar-refractivity contribution in [2.75, 3.05) is 0 Å². The maximum Gasteiger partial charge on any atom is 0.213 e. The molecule has 0 spiro atoms. The zero-order valence-electron chi connectivity index (χ0n) is 13.9. The quantitative estimate of drug-likeness (QED) is 0.564. The van der Waals surface area contributed by atoms with Crippen LogP contribution in [0.25, 0.3) is 0 Å². The van der Waals surface area contributed by atoms with Gasteiger partial charge >= 0.3 is 0 Å². The van der Waals surface area contributed by atoms with Crippen LogP contribution in [-0.4, -0.2) is 15.7 Å². The number of benzene rings is 2. The Kier molecular flexibility index (Phi) is 4.35. The van der Waals surface area contributed by atoms with E-state index in [1.54, 1.807) is 24.3 Å². The van der Waals surface area contributed by atoms with Gasteiger partial charge in [0.2, 0.25) is 5.96 Å². The van der Waals surface area contributed by atoms with Gasteiger partial charge < -0.3 is 5.73 Å². The SMILES string of the molecule is Cc1nn(C(=N)N)c(C)c1C(c1ccc(F)cc1)c1ccc(F)cc1. The van der Waals surface area contributed by atoms with Gasteiger partial charge in [-0.3, -0.25) is 5.41 Å². The van der Waals surface area contributed by atoms with Gasteiger partial charge in [0.25, 0.3) is 0 Å². The molecule has 0 atom stereocenters. The number of aryl methyl sites for hydroxylation is 1. The van der Waals surface area contributed by atoms with Gasteiger partial charge in [0.05, 0.1) is 5.69 Å². The second-order valence-corrected chi connectivity index (χ2v) is 5.92. The first-order valence-corrected chi connectivity index (χ1v) is 7.80. The van der Waals surface area contributed by atoms with Crippen LogP contribution in [-0.2, 0) is 0 Å². The molecule has 0 fully saturated rings. The fourth-order valence-electron chi connectivity index (χ4n) is 3.14. The van der Waals surface area contributed by atoms with Gasteiger partial charge in [-0.25, -0.2) is 13.5 Å². The number of aromatic nitrogens is 2. The molecule has 4 nitrogen and oxygen atoms in total. The third-order valence-corrected chi connectivity index (χ3v) is 4.27. The summed E-state index contributed by atoms with van der Waals surface area (Å²) in [7, 11) is 0. The molecule has 0 unspecified atom stereocenters. The number of nitrogens with two attached hydrogens (primary N) is 1. The van der Waals surface area contributed by atoms with Crippen molar-refractivity contribution < 1.29 is 8.78 Å². The number of nitrogens with one attached hydrogen (secondary N) is 1. The number of halogens is 2. The smallest absolute Gasteiger partial charge is 0.213 e. The Morgan fingerprint density at radius 1 is 0.960 bits per heavy atom. The van der Waals surface area contributed by atoms with Gasteiger partial charge in [-0.1, -0.05) is 24.3 Å². The van der Waals surface area contributed by atoms with Crippen LogP contribution >= 0.6 is 0 Å². The Morgan fingerprint density at radius 3 is 1.76 bits per heavy atom. The summed E-state index contributed by atoms with van der Waals surface area (Å²) in [5, 5.41) is 12.0. The molecule has 0 bridgehead atoms. The van der Waals surface area contributed by atoms with Crippen molar-refractivity contribution in [2.45, 2.75) is 19.8 Å². The average molecular weight is 340 g/mol. The average Bonchev–Trinajstić information content (AvgIpc) is 2.87. The van der Waals surface area contributed by atoms with Crippen LogP contribution in [0.5, 0.6) is 0 Å². The van der Waals surface area contributed by atoms with Crippen molar-refractivity contribution in [3.05, 3.63) is 88.2 Å². The Balaban J connectivity index is 2.23. The molecule has 2 aromatic carbocycles. The molecule has 25 heavy (non-hydrogen) atoms. The zero-order valence-corrected chi connectivity index (χ0v) is 13.9. The van der Waals surface area contributed by atoms with Crippen LogP contribution in [0.15, 0.2) is 48.5 Å². The van der Waals surface area contributed by atoms with Crippen LogP contribution in [0.4, 0.5) is 8.78 Å². The molecule has 3 N–H and O–H groups in total. The van der Waals surface area contributed by atoms with Crippen molar-refractivity contribution in [2.24, 2.45) is 5.73 Å². The van der Waals surface area contributed by atoms with E-state index in [-0.39, 0.29) is 23.5 Å². The van der Waals surface area contributed by atoms with Crippen molar-refractivity contribution in [1.29, 1.82) is 5.41 Å². The first kappa shape index (κ1) is 16.8. The minimum absolute atomic E-state index is 0.177. The molecular formula is C19H18F2N4. The largest absolute Gasteiger partial charge is 0.368 e. The summed E-state index contributed by atoms with van der Waals surface area (Å²) in [6, 6.07) is 12.4. The fraction of sp³-hybridized carbons (Fsp3) is 0.158. The van der Waals surface area contributed by atoms with E-state index in [4.69, 9.17) is 11.1 Å². The van der Waals surface area contributed by atoms with E-state index in [1.807, 2.05) is 13.8 Å². The number of hydrogen-bond acceptors (Lipinski definition) is 2. The highest BCUT2D eigenvalue weighted by atomic mass is 19.1. The standard InChI is InChI=1S/C19H18F2N4/c1-11-17(12(2)25(24-11)19(22)23)18(13-3-7-15(20)8-4-13)14-5-9-16(21)10-6-14/h3-10,18H,1-2H3,(H3,22,23). The third kappa shape index (κ3) is 3.15. The van der Waals surface area contributed by atoms with Crippen molar-refractivity contribution in [3.8, 4) is 0 Å². The second-order valence-electron chi connectivity index (χ2n) is 5.92. The van der Waals surface area contributed by atoms with E-state index in [1.165, 1.54) is 28.9 Å². The fourth-order valence-corrected chi connectivity index (χ4v) is 3.14. The van der Waals surface area contributed by atoms with E-state index in [0.717, 1.165) is 22.4 Å². The van der Waals surface area contributed by atoms with Gasteiger partial charge in [0.15, 0.2) is 0 Å². The monoisotopic (exact) mass is 340 g/mol. The third-order valence-electron chi connectivity index (χ3n) is 4.27. The lowest BCUT2D eigenvalue weighted by atomic mass is 9.84. The van der Waals surface area contributed by atoms with E-state index in [2.05, 4.69) is 5.10 Å².